The first-order chi connectivity index (χ1) is 11.9. The molecule has 0 heterocycles. The van der Waals surface area contributed by atoms with Crippen molar-refractivity contribution >= 4 is 12.0 Å². The highest BCUT2D eigenvalue weighted by Crippen LogP contribution is 2.20. The van der Waals surface area contributed by atoms with E-state index in [0.29, 0.717) is 16.9 Å². The van der Waals surface area contributed by atoms with Crippen LogP contribution in [0, 0.1) is 5.82 Å². The van der Waals surface area contributed by atoms with Crippen LogP contribution in [-0.2, 0) is 4.79 Å². The Kier molecular flexibility index (Phi) is 6.31. The number of aliphatic hydroxyl groups is 1. The molecule has 5 heteroatoms. The minimum Gasteiger partial charge on any atom is -0.497 e. The second kappa shape index (κ2) is 8.44. The smallest absolute Gasteiger partial charge is 0.247 e. The number of aliphatic hydroxyl groups excluding tert-OH is 1. The lowest BCUT2D eigenvalue weighted by Crippen LogP contribution is -2.37. The van der Waals surface area contributed by atoms with Crippen LogP contribution in [0.4, 0.5) is 4.39 Å². The van der Waals surface area contributed by atoms with E-state index in [1.165, 1.54) is 12.1 Å². The first-order valence-electron chi connectivity index (χ1n) is 7.97. The molecule has 2 rings (SSSR count). The van der Waals surface area contributed by atoms with Crippen LogP contribution in [0.2, 0.25) is 0 Å². The molecule has 0 saturated heterocycles. The molecule has 2 aromatic carbocycles. The Balaban J connectivity index is 2.01. The summed E-state index contributed by atoms with van der Waals surface area (Å²) in [4.78, 5) is 12.3. The zero-order valence-electron chi connectivity index (χ0n) is 14.5. The van der Waals surface area contributed by atoms with Crippen LogP contribution in [0.15, 0.2) is 54.1 Å². The number of methoxy groups -OCH3 is 1. The van der Waals surface area contributed by atoms with Crippen molar-refractivity contribution in [2.75, 3.05) is 7.11 Å². The van der Waals surface area contributed by atoms with Crippen molar-refractivity contribution < 1.29 is 19.0 Å². The van der Waals surface area contributed by atoms with Gasteiger partial charge in [-0.2, -0.15) is 0 Å². The Bertz CT molecular complexity index is 739. The molecule has 0 aliphatic carbocycles. The van der Waals surface area contributed by atoms with Gasteiger partial charge >= 0.3 is 0 Å². The number of carbonyl (C=O) groups is 1. The molecule has 0 bridgehead atoms. The van der Waals surface area contributed by atoms with Gasteiger partial charge in [-0.3, -0.25) is 4.79 Å². The van der Waals surface area contributed by atoms with Gasteiger partial charge < -0.3 is 15.2 Å². The van der Waals surface area contributed by atoms with Gasteiger partial charge in [0.05, 0.1) is 19.3 Å². The summed E-state index contributed by atoms with van der Waals surface area (Å²) in [5.41, 5.74) is 1.89. The quantitative estimate of drug-likeness (QED) is 0.790. The van der Waals surface area contributed by atoms with Crippen LogP contribution in [-0.4, -0.2) is 24.2 Å². The Labute approximate surface area is 147 Å². The maximum Gasteiger partial charge on any atom is 0.247 e. The minimum absolute atomic E-state index is 0.288. The number of rotatable bonds is 6. The van der Waals surface area contributed by atoms with E-state index in [-0.39, 0.29) is 11.7 Å². The van der Waals surface area contributed by atoms with Gasteiger partial charge in [-0.1, -0.05) is 24.3 Å². The second-order valence-corrected chi connectivity index (χ2v) is 5.86. The van der Waals surface area contributed by atoms with Gasteiger partial charge in [0.1, 0.15) is 11.6 Å². The van der Waals surface area contributed by atoms with E-state index in [4.69, 9.17) is 4.74 Å². The van der Waals surface area contributed by atoms with Gasteiger partial charge in [-0.15, -0.1) is 0 Å². The molecule has 0 fully saturated rings. The zero-order valence-corrected chi connectivity index (χ0v) is 14.5. The van der Waals surface area contributed by atoms with Crippen molar-refractivity contribution in [1.29, 1.82) is 0 Å². The molecular weight excluding hydrogens is 321 g/mol. The van der Waals surface area contributed by atoms with Crippen molar-refractivity contribution in [2.24, 2.45) is 0 Å². The van der Waals surface area contributed by atoms with Crippen molar-refractivity contribution in [1.82, 2.24) is 5.32 Å². The molecule has 132 valence electrons. The summed E-state index contributed by atoms with van der Waals surface area (Å²) >= 11 is 0. The normalized spacial score (nSPS) is 13.9. The molecule has 0 aliphatic rings. The largest absolute Gasteiger partial charge is 0.497 e. The number of hydrogen-bond donors (Lipinski definition) is 2. The Morgan fingerprint density at radius 1 is 1.16 bits per heavy atom. The Morgan fingerprint density at radius 3 is 2.32 bits per heavy atom. The summed E-state index contributed by atoms with van der Waals surface area (Å²) in [6.07, 6.45) is 0.829. The monoisotopic (exact) mass is 343 g/mol. The third-order valence-electron chi connectivity index (χ3n) is 3.90. The average Bonchev–Trinajstić information content (AvgIpc) is 2.62. The molecule has 0 spiro atoms. The van der Waals surface area contributed by atoms with E-state index in [2.05, 4.69) is 5.32 Å². The highest BCUT2D eigenvalue weighted by Gasteiger charge is 2.19. The standard InChI is InChI=1S/C20H22FNO3/c1-13(12-15-4-8-17(21)9-5-15)20(24)22-14(2)19(23)16-6-10-18(25-3)11-7-16/h4-12,14,19,23H,1-3H3,(H,22,24)/b13-12+. The molecule has 0 aromatic heterocycles. The average molecular weight is 343 g/mol. The maximum atomic E-state index is 12.9. The highest BCUT2D eigenvalue weighted by atomic mass is 19.1. The summed E-state index contributed by atoms with van der Waals surface area (Å²) in [6, 6.07) is 12.4. The summed E-state index contributed by atoms with van der Waals surface area (Å²) < 4.78 is 18.0. The van der Waals surface area contributed by atoms with Crippen LogP contribution < -0.4 is 10.1 Å². The van der Waals surface area contributed by atoms with E-state index < -0.39 is 12.1 Å². The fraction of sp³-hybridized carbons (Fsp3) is 0.250. The summed E-state index contributed by atoms with van der Waals surface area (Å²) in [5, 5.41) is 13.2. The molecular formula is C20H22FNO3. The van der Waals surface area contributed by atoms with Gasteiger partial charge in [0.15, 0.2) is 0 Å². The highest BCUT2D eigenvalue weighted by molar-refractivity contribution is 5.97. The van der Waals surface area contributed by atoms with Gasteiger partial charge in [-0.05, 0) is 55.3 Å². The number of nitrogens with one attached hydrogen (secondary N) is 1. The molecule has 2 atom stereocenters. The molecule has 2 aromatic rings. The third kappa shape index (κ3) is 5.16. The number of halogens is 1. The minimum atomic E-state index is -0.839. The molecule has 0 aliphatic heterocycles. The third-order valence-corrected chi connectivity index (χ3v) is 3.90. The van der Waals surface area contributed by atoms with Crippen LogP contribution in [0.3, 0.4) is 0 Å². The van der Waals surface area contributed by atoms with E-state index in [9.17, 15) is 14.3 Å². The molecule has 0 saturated carbocycles. The van der Waals surface area contributed by atoms with Gasteiger partial charge in [0.2, 0.25) is 5.91 Å². The number of hydrogen-bond acceptors (Lipinski definition) is 3. The van der Waals surface area contributed by atoms with Gasteiger partial charge in [0.25, 0.3) is 0 Å². The topological polar surface area (TPSA) is 58.6 Å². The van der Waals surface area contributed by atoms with E-state index in [0.717, 1.165) is 5.56 Å². The van der Waals surface area contributed by atoms with Gasteiger partial charge in [-0.25, -0.2) is 4.39 Å². The van der Waals surface area contributed by atoms with Crippen LogP contribution in [0.1, 0.15) is 31.1 Å². The molecule has 0 radical (unpaired) electrons. The second-order valence-electron chi connectivity index (χ2n) is 5.86. The molecule has 2 N–H and O–H groups in total. The fourth-order valence-electron chi connectivity index (χ4n) is 2.36. The Morgan fingerprint density at radius 2 is 1.76 bits per heavy atom. The first kappa shape index (κ1) is 18.7. The van der Waals surface area contributed by atoms with Crippen molar-refractivity contribution in [2.45, 2.75) is 26.0 Å². The lowest BCUT2D eigenvalue weighted by Gasteiger charge is -2.21. The number of benzene rings is 2. The number of carbonyl (C=O) groups excluding carboxylic acids is 1. The lowest BCUT2D eigenvalue weighted by molar-refractivity contribution is -0.118. The van der Waals surface area contributed by atoms with Crippen molar-refractivity contribution in [3.63, 3.8) is 0 Å². The first-order valence-corrected chi connectivity index (χ1v) is 7.97. The zero-order chi connectivity index (χ0) is 18.4. The van der Waals surface area contributed by atoms with E-state index >= 15 is 0 Å². The SMILES string of the molecule is COc1ccc(C(O)C(C)NC(=O)/C(C)=C/c2ccc(F)cc2)cc1. The fourth-order valence-corrected chi connectivity index (χ4v) is 2.36. The number of ether oxygens (including phenoxy) is 1. The van der Waals surface area contributed by atoms with Gasteiger partial charge in [0, 0.05) is 5.57 Å². The summed E-state index contributed by atoms with van der Waals surface area (Å²) in [6.45, 7) is 3.41. The van der Waals surface area contributed by atoms with Crippen LogP contribution >= 0.6 is 0 Å². The summed E-state index contributed by atoms with van der Waals surface area (Å²) in [7, 11) is 1.57. The predicted octanol–water partition coefficient (Wildman–Crippen LogP) is 3.48. The Hall–Kier alpha value is -2.66. The van der Waals surface area contributed by atoms with E-state index in [1.807, 2.05) is 0 Å². The van der Waals surface area contributed by atoms with Crippen LogP contribution in [0.5, 0.6) is 5.75 Å². The predicted molar refractivity (Wildman–Crippen MR) is 95.6 cm³/mol. The number of amides is 1. The van der Waals surface area contributed by atoms with Crippen molar-refractivity contribution in [3.8, 4) is 5.75 Å². The molecule has 25 heavy (non-hydrogen) atoms. The maximum absolute atomic E-state index is 12.9. The van der Waals surface area contributed by atoms with E-state index in [1.54, 1.807) is 63.4 Å². The molecule has 2 unspecified atom stereocenters. The summed E-state index contributed by atoms with van der Waals surface area (Å²) in [5.74, 6) is 0.0885. The lowest BCUT2D eigenvalue weighted by atomic mass is 10.0. The molecule has 1 amide bonds. The van der Waals surface area contributed by atoms with Crippen LogP contribution in [0.25, 0.3) is 6.08 Å². The van der Waals surface area contributed by atoms with Crippen molar-refractivity contribution in [3.05, 3.63) is 71.0 Å². The molecule has 4 nitrogen and oxygen atoms in total.